The first-order valence-corrected chi connectivity index (χ1v) is 6.22. The minimum Gasteiger partial charge on any atom is -0.481 e. The number of carboxylic acids is 1. The number of likely N-dealkylation sites (tertiary alicyclic amines) is 1. The number of carboxylic acid groups (broad SMARTS) is 1. The normalized spacial score (nSPS) is 16.0. The Morgan fingerprint density at radius 3 is 2.74 bits per heavy atom. The molecule has 1 aliphatic heterocycles. The lowest BCUT2D eigenvalue weighted by Crippen LogP contribution is -2.48. The summed E-state index contributed by atoms with van der Waals surface area (Å²) in [5, 5.41) is 19.5. The van der Waals surface area contributed by atoms with E-state index in [0.717, 1.165) is 25.2 Å². The van der Waals surface area contributed by atoms with Crippen LogP contribution in [0, 0.1) is 16.0 Å². The van der Waals surface area contributed by atoms with Crippen LogP contribution in [0.4, 0.5) is 5.69 Å². The van der Waals surface area contributed by atoms with E-state index in [1.165, 1.54) is 6.07 Å². The first kappa shape index (κ1) is 13.5. The molecule has 19 heavy (non-hydrogen) atoms. The third-order valence-electron chi connectivity index (χ3n) is 3.38. The quantitative estimate of drug-likeness (QED) is 0.622. The molecule has 0 spiro atoms. The molecule has 2 rings (SSSR count). The van der Waals surface area contributed by atoms with E-state index in [1.807, 2.05) is 0 Å². The summed E-state index contributed by atoms with van der Waals surface area (Å²) in [5.74, 6) is -0.536. The summed E-state index contributed by atoms with van der Waals surface area (Å²) in [7, 11) is 0. The topological polar surface area (TPSA) is 83.7 Å². The molecule has 1 heterocycles. The van der Waals surface area contributed by atoms with Gasteiger partial charge < -0.3 is 10.0 Å². The maximum atomic E-state index is 10.8. The van der Waals surface area contributed by atoms with Crippen molar-refractivity contribution < 1.29 is 14.8 Å². The van der Waals surface area contributed by atoms with Crippen LogP contribution in [0.2, 0.25) is 0 Å². The second-order valence-electron chi connectivity index (χ2n) is 4.86. The fourth-order valence-electron chi connectivity index (χ4n) is 2.41. The van der Waals surface area contributed by atoms with E-state index >= 15 is 0 Å². The lowest BCUT2D eigenvalue weighted by Gasteiger charge is -2.38. The van der Waals surface area contributed by atoms with Crippen LogP contribution in [-0.4, -0.2) is 40.5 Å². The molecule has 0 radical (unpaired) electrons. The van der Waals surface area contributed by atoms with Crippen molar-refractivity contribution in [1.82, 2.24) is 4.90 Å². The van der Waals surface area contributed by atoms with Crippen LogP contribution in [0.5, 0.6) is 0 Å². The Bertz CT molecular complexity index is 483. The minimum atomic E-state index is -0.761. The molecular weight excluding hydrogens is 248 g/mol. The number of benzene rings is 1. The van der Waals surface area contributed by atoms with E-state index in [-0.39, 0.29) is 22.9 Å². The molecule has 0 saturated carbocycles. The molecule has 0 bridgehead atoms. The van der Waals surface area contributed by atoms with Gasteiger partial charge in [-0.2, -0.15) is 0 Å². The van der Waals surface area contributed by atoms with E-state index in [9.17, 15) is 14.9 Å². The van der Waals surface area contributed by atoms with E-state index in [0.29, 0.717) is 6.42 Å². The van der Waals surface area contributed by atoms with Gasteiger partial charge in [-0.25, -0.2) is 0 Å². The van der Waals surface area contributed by atoms with Crippen LogP contribution < -0.4 is 0 Å². The molecule has 1 aromatic rings. The van der Waals surface area contributed by atoms with Crippen LogP contribution >= 0.6 is 0 Å². The third-order valence-corrected chi connectivity index (χ3v) is 3.38. The minimum absolute atomic E-state index is 0.158. The third kappa shape index (κ3) is 3.51. The van der Waals surface area contributed by atoms with Crippen molar-refractivity contribution in [3.8, 4) is 0 Å². The number of rotatable bonds is 6. The van der Waals surface area contributed by atoms with Gasteiger partial charge >= 0.3 is 5.97 Å². The number of nitro groups is 1. The summed E-state index contributed by atoms with van der Waals surface area (Å²) >= 11 is 0. The SMILES string of the molecule is O=C(O)CC1CN(CCc2ccccc2[N+](=O)[O-])C1. The first-order chi connectivity index (χ1) is 9.06. The van der Waals surface area contributed by atoms with Gasteiger partial charge in [0.2, 0.25) is 0 Å². The molecule has 6 heteroatoms. The molecule has 1 aliphatic rings. The summed E-state index contributed by atoms with van der Waals surface area (Å²) in [6.07, 6.45) is 0.832. The van der Waals surface area contributed by atoms with Crippen molar-refractivity contribution >= 4 is 11.7 Å². The molecule has 1 saturated heterocycles. The van der Waals surface area contributed by atoms with Crippen molar-refractivity contribution in [2.24, 2.45) is 5.92 Å². The Morgan fingerprint density at radius 2 is 2.11 bits per heavy atom. The number of hydrogen-bond donors (Lipinski definition) is 1. The van der Waals surface area contributed by atoms with Crippen LogP contribution in [0.15, 0.2) is 24.3 Å². The largest absolute Gasteiger partial charge is 0.481 e. The molecule has 6 nitrogen and oxygen atoms in total. The van der Waals surface area contributed by atoms with Gasteiger partial charge in [-0.3, -0.25) is 14.9 Å². The Balaban J connectivity index is 1.81. The van der Waals surface area contributed by atoms with E-state index in [2.05, 4.69) is 4.90 Å². The van der Waals surface area contributed by atoms with Gasteiger partial charge in [0.15, 0.2) is 0 Å². The monoisotopic (exact) mass is 264 g/mol. The summed E-state index contributed by atoms with van der Waals surface area (Å²) < 4.78 is 0. The summed E-state index contributed by atoms with van der Waals surface area (Å²) in [6, 6.07) is 6.74. The van der Waals surface area contributed by atoms with Gasteiger partial charge in [-0.1, -0.05) is 18.2 Å². The number of nitrogens with zero attached hydrogens (tertiary/aromatic N) is 2. The zero-order valence-corrected chi connectivity index (χ0v) is 10.5. The molecule has 102 valence electrons. The number of nitro benzene ring substituents is 1. The van der Waals surface area contributed by atoms with Crippen molar-refractivity contribution in [3.63, 3.8) is 0 Å². The zero-order valence-electron chi connectivity index (χ0n) is 10.5. The van der Waals surface area contributed by atoms with E-state index in [4.69, 9.17) is 5.11 Å². The molecule has 0 amide bonds. The van der Waals surface area contributed by atoms with Crippen molar-refractivity contribution in [1.29, 1.82) is 0 Å². The van der Waals surface area contributed by atoms with Crippen molar-refractivity contribution in [2.45, 2.75) is 12.8 Å². The lowest BCUT2D eigenvalue weighted by atomic mass is 9.96. The van der Waals surface area contributed by atoms with Crippen LogP contribution in [0.3, 0.4) is 0 Å². The van der Waals surface area contributed by atoms with Gasteiger partial charge in [0.05, 0.1) is 11.3 Å². The number of aliphatic carboxylic acids is 1. The molecule has 1 fully saturated rings. The summed E-state index contributed by atoms with van der Waals surface area (Å²) in [6.45, 7) is 2.28. The molecule has 1 aromatic carbocycles. The highest BCUT2D eigenvalue weighted by molar-refractivity contribution is 5.67. The molecule has 0 aliphatic carbocycles. The highest BCUT2D eigenvalue weighted by Crippen LogP contribution is 2.22. The maximum absolute atomic E-state index is 10.8. The van der Waals surface area contributed by atoms with Gasteiger partial charge in [-0.15, -0.1) is 0 Å². The number of carbonyl (C=O) groups is 1. The predicted molar refractivity (Wildman–Crippen MR) is 69.0 cm³/mol. The highest BCUT2D eigenvalue weighted by atomic mass is 16.6. The van der Waals surface area contributed by atoms with Crippen LogP contribution in [-0.2, 0) is 11.2 Å². The Hall–Kier alpha value is -1.95. The highest BCUT2D eigenvalue weighted by Gasteiger charge is 2.28. The number of hydrogen-bond acceptors (Lipinski definition) is 4. The van der Waals surface area contributed by atoms with E-state index in [1.54, 1.807) is 18.2 Å². The van der Waals surface area contributed by atoms with Crippen molar-refractivity contribution in [2.75, 3.05) is 19.6 Å². The molecular formula is C13H16N2O4. The maximum Gasteiger partial charge on any atom is 0.303 e. The average Bonchev–Trinajstić information content (AvgIpc) is 2.31. The van der Waals surface area contributed by atoms with Gasteiger partial charge in [0.1, 0.15) is 0 Å². The predicted octanol–water partition coefficient (Wildman–Crippen LogP) is 1.54. The summed E-state index contributed by atoms with van der Waals surface area (Å²) in [4.78, 5) is 23.1. The molecule has 0 aromatic heterocycles. The molecule has 1 N–H and O–H groups in total. The second kappa shape index (κ2) is 5.79. The van der Waals surface area contributed by atoms with E-state index < -0.39 is 5.97 Å². The Labute approximate surface area is 110 Å². The standard InChI is InChI=1S/C13H16N2O4/c16-13(17)7-10-8-14(9-10)6-5-11-3-1-2-4-12(11)15(18)19/h1-4,10H,5-9H2,(H,16,17). The summed E-state index contributed by atoms with van der Waals surface area (Å²) in [5.41, 5.74) is 0.888. The van der Waals surface area contributed by atoms with Gasteiger partial charge in [0, 0.05) is 31.3 Å². The van der Waals surface area contributed by atoms with Crippen LogP contribution in [0.25, 0.3) is 0 Å². The van der Waals surface area contributed by atoms with Crippen LogP contribution in [0.1, 0.15) is 12.0 Å². The lowest BCUT2D eigenvalue weighted by molar-refractivity contribution is -0.385. The van der Waals surface area contributed by atoms with Gasteiger partial charge in [-0.05, 0) is 12.3 Å². The molecule has 0 unspecified atom stereocenters. The first-order valence-electron chi connectivity index (χ1n) is 6.22. The second-order valence-corrected chi connectivity index (χ2v) is 4.86. The fraction of sp³-hybridized carbons (Fsp3) is 0.462. The molecule has 0 atom stereocenters. The number of para-hydroxylation sites is 1. The Morgan fingerprint density at radius 1 is 1.42 bits per heavy atom. The van der Waals surface area contributed by atoms with Gasteiger partial charge in [0.25, 0.3) is 5.69 Å². The van der Waals surface area contributed by atoms with Crippen molar-refractivity contribution in [3.05, 3.63) is 39.9 Å². The average molecular weight is 264 g/mol. The smallest absolute Gasteiger partial charge is 0.303 e. The Kier molecular flexibility index (Phi) is 4.11. The zero-order chi connectivity index (χ0) is 13.8. The fourth-order valence-corrected chi connectivity index (χ4v) is 2.41.